The average Bonchev–Trinajstić information content (AvgIpc) is 2.13. The van der Waals surface area contributed by atoms with E-state index in [4.69, 9.17) is 11.6 Å². The average molecular weight is 146 g/mol. The van der Waals surface area contributed by atoms with Gasteiger partial charge in [-0.2, -0.15) is 0 Å². The fraction of sp³-hybridized carbons (Fsp3) is 0.250. The van der Waals surface area contributed by atoms with E-state index in [9.17, 15) is 4.79 Å². The van der Waals surface area contributed by atoms with E-state index in [1.807, 2.05) is 0 Å². The minimum absolute atomic E-state index is 0.302. The maximum atomic E-state index is 10.4. The van der Waals surface area contributed by atoms with Crippen molar-refractivity contribution in [3.8, 4) is 0 Å². The van der Waals surface area contributed by atoms with E-state index in [1.54, 1.807) is 7.05 Å². The molecule has 0 aliphatic heterocycles. The molecule has 0 aromatic carbocycles. The van der Waals surface area contributed by atoms with Gasteiger partial charge in [0.2, 0.25) is 0 Å². The van der Waals surface area contributed by atoms with Crippen LogP contribution in [0.3, 0.4) is 0 Å². The predicted octanol–water partition coefficient (Wildman–Crippen LogP) is 0.194. The SMILES string of the molecule is Cn1nncc1C(=O)Cl. The molecule has 1 rings (SSSR count). The van der Waals surface area contributed by atoms with Crippen LogP contribution in [0.4, 0.5) is 0 Å². The molecule has 0 saturated carbocycles. The monoisotopic (exact) mass is 145 g/mol. The van der Waals surface area contributed by atoms with Crippen molar-refractivity contribution in [3.63, 3.8) is 0 Å². The van der Waals surface area contributed by atoms with Crippen LogP contribution in [-0.2, 0) is 7.05 Å². The van der Waals surface area contributed by atoms with Crippen molar-refractivity contribution in [1.29, 1.82) is 0 Å². The molecule has 0 aliphatic carbocycles. The molecular weight excluding hydrogens is 142 g/mol. The molecule has 0 fully saturated rings. The third-order valence-corrected chi connectivity index (χ3v) is 1.11. The van der Waals surface area contributed by atoms with Crippen LogP contribution >= 0.6 is 11.6 Å². The van der Waals surface area contributed by atoms with Crippen molar-refractivity contribution in [1.82, 2.24) is 15.0 Å². The van der Waals surface area contributed by atoms with Crippen molar-refractivity contribution in [2.75, 3.05) is 0 Å². The minimum atomic E-state index is -0.539. The Hall–Kier alpha value is -0.900. The van der Waals surface area contributed by atoms with E-state index in [0.717, 1.165) is 0 Å². The van der Waals surface area contributed by atoms with Crippen LogP contribution in [0.5, 0.6) is 0 Å². The number of carbonyl (C=O) groups is 1. The molecule has 1 aromatic rings. The number of aryl methyl sites for hydroxylation is 1. The lowest BCUT2D eigenvalue weighted by atomic mass is 10.5. The Morgan fingerprint density at radius 3 is 2.78 bits per heavy atom. The summed E-state index contributed by atoms with van der Waals surface area (Å²) in [6.45, 7) is 0. The molecule has 0 amide bonds. The standard InChI is InChI=1S/C4H4ClN3O/c1-8-3(4(5)9)2-6-7-8/h2H,1H3. The van der Waals surface area contributed by atoms with Gasteiger partial charge < -0.3 is 0 Å². The Morgan fingerprint density at radius 2 is 2.56 bits per heavy atom. The van der Waals surface area contributed by atoms with Crippen LogP contribution in [0.25, 0.3) is 0 Å². The van der Waals surface area contributed by atoms with Crippen molar-refractivity contribution < 1.29 is 4.79 Å². The summed E-state index contributed by atoms with van der Waals surface area (Å²) in [5.74, 6) is 0. The molecule has 0 bridgehead atoms. The Kier molecular flexibility index (Phi) is 1.48. The number of halogens is 1. The molecule has 0 aliphatic rings. The van der Waals surface area contributed by atoms with Crippen LogP contribution in [0.15, 0.2) is 6.20 Å². The third kappa shape index (κ3) is 1.08. The number of aromatic nitrogens is 3. The van der Waals surface area contributed by atoms with Crippen LogP contribution in [0, 0.1) is 0 Å². The van der Waals surface area contributed by atoms with Crippen molar-refractivity contribution in [3.05, 3.63) is 11.9 Å². The summed E-state index contributed by atoms with van der Waals surface area (Å²) in [6.07, 6.45) is 1.31. The molecule has 48 valence electrons. The number of hydrogen-bond donors (Lipinski definition) is 0. The zero-order chi connectivity index (χ0) is 6.85. The van der Waals surface area contributed by atoms with E-state index in [2.05, 4.69) is 10.3 Å². The van der Waals surface area contributed by atoms with Gasteiger partial charge in [0, 0.05) is 7.05 Å². The molecule has 0 saturated heterocycles. The third-order valence-electron chi connectivity index (χ3n) is 0.916. The van der Waals surface area contributed by atoms with Gasteiger partial charge in [0.1, 0.15) is 5.69 Å². The molecule has 0 N–H and O–H groups in total. The van der Waals surface area contributed by atoms with Gasteiger partial charge in [0.25, 0.3) is 5.24 Å². The molecule has 0 atom stereocenters. The number of rotatable bonds is 1. The van der Waals surface area contributed by atoms with Crippen LogP contribution < -0.4 is 0 Å². The molecule has 5 heteroatoms. The van der Waals surface area contributed by atoms with E-state index in [0.29, 0.717) is 5.69 Å². The van der Waals surface area contributed by atoms with Gasteiger partial charge >= 0.3 is 0 Å². The summed E-state index contributed by atoms with van der Waals surface area (Å²) >= 11 is 5.11. The van der Waals surface area contributed by atoms with E-state index in [-0.39, 0.29) is 0 Å². The van der Waals surface area contributed by atoms with Gasteiger partial charge in [-0.25, -0.2) is 4.68 Å². The van der Waals surface area contributed by atoms with Crippen LogP contribution in [0.1, 0.15) is 10.5 Å². The number of carbonyl (C=O) groups excluding carboxylic acids is 1. The Morgan fingerprint density at radius 1 is 1.89 bits per heavy atom. The largest absolute Gasteiger partial charge is 0.274 e. The summed E-state index contributed by atoms with van der Waals surface area (Å²) in [5.41, 5.74) is 0.302. The van der Waals surface area contributed by atoms with E-state index < -0.39 is 5.24 Å². The molecule has 1 aromatic heterocycles. The van der Waals surface area contributed by atoms with Gasteiger partial charge in [-0.1, -0.05) is 5.21 Å². The fourth-order valence-corrected chi connectivity index (χ4v) is 0.639. The van der Waals surface area contributed by atoms with Crippen LogP contribution in [0.2, 0.25) is 0 Å². The highest BCUT2D eigenvalue weighted by atomic mass is 35.5. The highest BCUT2D eigenvalue weighted by molar-refractivity contribution is 6.67. The Bertz CT molecular complexity index is 231. The maximum Gasteiger partial charge on any atom is 0.272 e. The second kappa shape index (κ2) is 2.14. The van der Waals surface area contributed by atoms with Gasteiger partial charge in [-0.05, 0) is 11.6 Å². The molecule has 0 unspecified atom stereocenters. The number of hydrogen-bond acceptors (Lipinski definition) is 3. The molecule has 0 spiro atoms. The normalized spacial score (nSPS) is 9.56. The first-order valence-electron chi connectivity index (χ1n) is 2.26. The summed E-state index contributed by atoms with van der Waals surface area (Å²) < 4.78 is 1.31. The molecule has 9 heavy (non-hydrogen) atoms. The summed E-state index contributed by atoms with van der Waals surface area (Å²) in [5, 5.41) is 6.41. The lowest BCUT2D eigenvalue weighted by Crippen LogP contribution is -2.00. The zero-order valence-electron chi connectivity index (χ0n) is 4.71. The maximum absolute atomic E-state index is 10.4. The number of nitrogens with zero attached hydrogens (tertiary/aromatic N) is 3. The first-order chi connectivity index (χ1) is 4.22. The van der Waals surface area contributed by atoms with Crippen LogP contribution in [-0.4, -0.2) is 20.2 Å². The van der Waals surface area contributed by atoms with Gasteiger partial charge in [-0.15, -0.1) is 5.10 Å². The highest BCUT2D eigenvalue weighted by Crippen LogP contribution is 1.97. The highest BCUT2D eigenvalue weighted by Gasteiger charge is 2.05. The second-order valence-electron chi connectivity index (χ2n) is 1.52. The molecular formula is C4H4ClN3O. The minimum Gasteiger partial charge on any atom is -0.274 e. The molecule has 0 radical (unpaired) electrons. The quantitative estimate of drug-likeness (QED) is 0.531. The van der Waals surface area contributed by atoms with E-state index in [1.165, 1.54) is 10.9 Å². The van der Waals surface area contributed by atoms with Crippen molar-refractivity contribution in [2.24, 2.45) is 7.05 Å². The predicted molar refractivity (Wildman–Crippen MR) is 31.2 cm³/mol. The first kappa shape index (κ1) is 6.22. The van der Waals surface area contributed by atoms with E-state index >= 15 is 0 Å². The summed E-state index contributed by atoms with van der Waals surface area (Å²) in [4.78, 5) is 10.4. The molecule has 4 nitrogen and oxygen atoms in total. The lowest BCUT2D eigenvalue weighted by molar-refractivity contribution is 0.107. The summed E-state index contributed by atoms with van der Waals surface area (Å²) in [7, 11) is 1.60. The van der Waals surface area contributed by atoms with Gasteiger partial charge in [0.05, 0.1) is 6.20 Å². The topological polar surface area (TPSA) is 47.8 Å². The lowest BCUT2D eigenvalue weighted by Gasteiger charge is -1.88. The van der Waals surface area contributed by atoms with Crippen molar-refractivity contribution >= 4 is 16.8 Å². The van der Waals surface area contributed by atoms with Crippen molar-refractivity contribution in [2.45, 2.75) is 0 Å². The second-order valence-corrected chi connectivity index (χ2v) is 1.86. The summed E-state index contributed by atoms with van der Waals surface area (Å²) in [6, 6.07) is 0. The molecule has 1 heterocycles. The zero-order valence-corrected chi connectivity index (χ0v) is 5.46. The smallest absolute Gasteiger partial charge is 0.272 e. The first-order valence-corrected chi connectivity index (χ1v) is 2.64. The van der Waals surface area contributed by atoms with Gasteiger partial charge in [-0.3, -0.25) is 4.79 Å². The Labute approximate surface area is 56.4 Å². The van der Waals surface area contributed by atoms with Gasteiger partial charge in [0.15, 0.2) is 0 Å². The Balaban J connectivity index is 3.08. The fourth-order valence-electron chi connectivity index (χ4n) is 0.468.